The summed E-state index contributed by atoms with van der Waals surface area (Å²) in [7, 11) is 0. The molecule has 2 nitrogen and oxygen atoms in total. The van der Waals surface area contributed by atoms with Gasteiger partial charge < -0.3 is 4.74 Å². The molecule has 2 aromatic carbocycles. The average molecular weight is 464 g/mol. The lowest BCUT2D eigenvalue weighted by atomic mass is 10.1. The average Bonchev–Trinajstić information content (AvgIpc) is 2.59. The SMILES string of the molecule is CCCCOC(=O)C(/C=C/c1cccc(Br)c1)=C/c1cccc(Br)c1. The van der Waals surface area contributed by atoms with E-state index in [1.165, 1.54) is 0 Å². The first-order chi connectivity index (χ1) is 12.1. The Balaban J connectivity index is 2.26. The molecule has 0 saturated carbocycles. The van der Waals surface area contributed by atoms with Crippen molar-refractivity contribution in [1.29, 1.82) is 0 Å². The molecule has 0 heterocycles. The van der Waals surface area contributed by atoms with Crippen LogP contribution in [0.2, 0.25) is 0 Å². The highest BCUT2D eigenvalue weighted by Gasteiger charge is 2.08. The van der Waals surface area contributed by atoms with E-state index in [2.05, 4.69) is 38.8 Å². The van der Waals surface area contributed by atoms with Crippen molar-refractivity contribution in [2.75, 3.05) is 6.61 Å². The fourth-order valence-electron chi connectivity index (χ4n) is 2.14. The molecule has 0 fully saturated rings. The minimum Gasteiger partial charge on any atom is -0.462 e. The molecule has 4 heteroatoms. The molecule has 0 unspecified atom stereocenters. The number of benzene rings is 2. The number of carbonyl (C=O) groups is 1. The summed E-state index contributed by atoms with van der Waals surface area (Å²) in [5.74, 6) is -0.306. The second-order valence-corrected chi connectivity index (χ2v) is 7.36. The zero-order chi connectivity index (χ0) is 18.1. The van der Waals surface area contributed by atoms with E-state index >= 15 is 0 Å². The highest BCUT2D eigenvalue weighted by molar-refractivity contribution is 9.10. The van der Waals surface area contributed by atoms with Gasteiger partial charge in [0.25, 0.3) is 0 Å². The van der Waals surface area contributed by atoms with Crippen molar-refractivity contribution in [2.24, 2.45) is 0 Å². The maximum absolute atomic E-state index is 12.4. The van der Waals surface area contributed by atoms with Gasteiger partial charge in [-0.05, 0) is 54.0 Å². The maximum Gasteiger partial charge on any atom is 0.338 e. The molecular weight excluding hydrogens is 444 g/mol. The van der Waals surface area contributed by atoms with Crippen LogP contribution in [0.3, 0.4) is 0 Å². The molecule has 0 aliphatic heterocycles. The van der Waals surface area contributed by atoms with Crippen LogP contribution in [0.4, 0.5) is 0 Å². The number of unbranched alkanes of at least 4 members (excludes halogenated alkanes) is 1. The Hall–Kier alpha value is -1.65. The van der Waals surface area contributed by atoms with Gasteiger partial charge in [-0.1, -0.05) is 75.5 Å². The number of hydrogen-bond donors (Lipinski definition) is 0. The molecular formula is C21H20Br2O2. The zero-order valence-corrected chi connectivity index (χ0v) is 17.2. The summed E-state index contributed by atoms with van der Waals surface area (Å²) >= 11 is 6.91. The number of esters is 1. The summed E-state index contributed by atoms with van der Waals surface area (Å²) in [5, 5.41) is 0. The molecule has 2 rings (SSSR count). The van der Waals surface area contributed by atoms with Gasteiger partial charge in [0.05, 0.1) is 12.2 Å². The monoisotopic (exact) mass is 462 g/mol. The van der Waals surface area contributed by atoms with Gasteiger partial charge in [-0.3, -0.25) is 0 Å². The van der Waals surface area contributed by atoms with Gasteiger partial charge in [0.2, 0.25) is 0 Å². The molecule has 0 bridgehead atoms. The second kappa shape index (κ2) is 10.4. The molecule has 130 valence electrons. The number of rotatable bonds is 7. The largest absolute Gasteiger partial charge is 0.462 e. The van der Waals surface area contributed by atoms with Crippen LogP contribution in [-0.4, -0.2) is 12.6 Å². The van der Waals surface area contributed by atoms with E-state index in [0.29, 0.717) is 12.2 Å². The minimum atomic E-state index is -0.306. The molecule has 2 aromatic rings. The van der Waals surface area contributed by atoms with Crippen LogP contribution in [-0.2, 0) is 9.53 Å². The van der Waals surface area contributed by atoms with Crippen LogP contribution in [0, 0.1) is 0 Å². The van der Waals surface area contributed by atoms with Crippen molar-refractivity contribution in [3.63, 3.8) is 0 Å². The lowest BCUT2D eigenvalue weighted by Crippen LogP contribution is -2.07. The summed E-state index contributed by atoms with van der Waals surface area (Å²) in [6.45, 7) is 2.51. The molecule has 0 aromatic heterocycles. The van der Waals surface area contributed by atoms with Gasteiger partial charge in [0, 0.05) is 8.95 Å². The number of halogens is 2. The first-order valence-electron chi connectivity index (χ1n) is 8.16. The van der Waals surface area contributed by atoms with E-state index in [-0.39, 0.29) is 5.97 Å². The third kappa shape index (κ3) is 7.00. The number of ether oxygens (including phenoxy) is 1. The van der Waals surface area contributed by atoms with Crippen molar-refractivity contribution < 1.29 is 9.53 Å². The van der Waals surface area contributed by atoms with Crippen LogP contribution < -0.4 is 0 Å². The van der Waals surface area contributed by atoms with Crippen LogP contribution in [0.1, 0.15) is 30.9 Å². The lowest BCUT2D eigenvalue weighted by Gasteiger charge is -2.05. The van der Waals surface area contributed by atoms with Gasteiger partial charge in [0.15, 0.2) is 0 Å². The molecule has 0 atom stereocenters. The van der Waals surface area contributed by atoms with Crippen LogP contribution in [0.5, 0.6) is 0 Å². The second-order valence-electron chi connectivity index (χ2n) is 5.53. The van der Waals surface area contributed by atoms with Gasteiger partial charge in [0.1, 0.15) is 0 Å². The maximum atomic E-state index is 12.4. The van der Waals surface area contributed by atoms with Crippen molar-refractivity contribution >= 4 is 50.0 Å². The molecule has 0 amide bonds. The molecule has 0 radical (unpaired) electrons. The van der Waals surface area contributed by atoms with Crippen LogP contribution in [0.25, 0.3) is 12.2 Å². The highest BCUT2D eigenvalue weighted by atomic mass is 79.9. The third-order valence-electron chi connectivity index (χ3n) is 3.44. The molecule has 25 heavy (non-hydrogen) atoms. The van der Waals surface area contributed by atoms with Crippen LogP contribution >= 0.6 is 31.9 Å². The first-order valence-corrected chi connectivity index (χ1v) is 9.75. The van der Waals surface area contributed by atoms with E-state index < -0.39 is 0 Å². The first kappa shape index (κ1) is 19.7. The minimum absolute atomic E-state index is 0.306. The normalized spacial score (nSPS) is 11.7. The Morgan fingerprint density at radius 1 is 1.04 bits per heavy atom. The Kier molecular flexibility index (Phi) is 8.16. The van der Waals surface area contributed by atoms with E-state index in [9.17, 15) is 4.79 Å². The predicted octanol–water partition coefficient (Wildman–Crippen LogP) is 6.65. The van der Waals surface area contributed by atoms with Crippen molar-refractivity contribution in [2.45, 2.75) is 19.8 Å². The van der Waals surface area contributed by atoms with Gasteiger partial charge >= 0.3 is 5.97 Å². The van der Waals surface area contributed by atoms with Gasteiger partial charge in [-0.25, -0.2) is 4.79 Å². The van der Waals surface area contributed by atoms with Gasteiger partial charge in [-0.15, -0.1) is 0 Å². The van der Waals surface area contributed by atoms with E-state index in [4.69, 9.17) is 4.74 Å². The Bertz CT molecular complexity index is 779. The molecule has 0 spiro atoms. The molecule has 0 saturated heterocycles. The Labute approximate surface area is 165 Å². The number of hydrogen-bond acceptors (Lipinski definition) is 2. The molecule has 0 aliphatic rings. The van der Waals surface area contributed by atoms with Crippen molar-refractivity contribution in [3.8, 4) is 0 Å². The van der Waals surface area contributed by atoms with Crippen molar-refractivity contribution in [3.05, 3.63) is 80.3 Å². The predicted molar refractivity (Wildman–Crippen MR) is 111 cm³/mol. The summed E-state index contributed by atoms with van der Waals surface area (Å²) < 4.78 is 7.35. The topological polar surface area (TPSA) is 26.3 Å². The lowest BCUT2D eigenvalue weighted by molar-refractivity contribution is -0.138. The van der Waals surface area contributed by atoms with E-state index in [0.717, 1.165) is 32.9 Å². The number of carbonyl (C=O) groups excluding carboxylic acids is 1. The molecule has 0 N–H and O–H groups in total. The van der Waals surface area contributed by atoms with Crippen molar-refractivity contribution in [1.82, 2.24) is 0 Å². The van der Waals surface area contributed by atoms with Crippen LogP contribution in [0.15, 0.2) is 69.1 Å². The smallest absolute Gasteiger partial charge is 0.338 e. The summed E-state index contributed by atoms with van der Waals surface area (Å²) in [5.41, 5.74) is 2.47. The Morgan fingerprint density at radius 3 is 2.32 bits per heavy atom. The van der Waals surface area contributed by atoms with Gasteiger partial charge in [-0.2, -0.15) is 0 Å². The highest BCUT2D eigenvalue weighted by Crippen LogP contribution is 2.18. The summed E-state index contributed by atoms with van der Waals surface area (Å²) in [6, 6.07) is 15.7. The van der Waals surface area contributed by atoms with E-state index in [1.807, 2.05) is 60.7 Å². The van der Waals surface area contributed by atoms with E-state index in [1.54, 1.807) is 6.08 Å². The summed E-state index contributed by atoms with van der Waals surface area (Å²) in [4.78, 5) is 12.4. The Morgan fingerprint density at radius 2 is 1.68 bits per heavy atom. The molecule has 0 aliphatic carbocycles. The summed E-state index contributed by atoms with van der Waals surface area (Å²) in [6.07, 6.45) is 7.41. The fraction of sp³-hybridized carbons (Fsp3) is 0.190. The quantitative estimate of drug-likeness (QED) is 0.199. The standard InChI is InChI=1S/C21H20Br2O2/c1-2-3-12-25-21(24)18(13-17-7-5-9-20(23)15-17)11-10-16-6-4-8-19(22)14-16/h4-11,13-15H,2-3,12H2,1H3/b11-10+,18-13+. The zero-order valence-electron chi connectivity index (χ0n) is 14.0. The fourth-order valence-corrected chi connectivity index (χ4v) is 2.97. The third-order valence-corrected chi connectivity index (χ3v) is 4.43.